The van der Waals surface area contributed by atoms with Gasteiger partial charge in [0.15, 0.2) is 5.17 Å². The van der Waals surface area contributed by atoms with E-state index >= 15 is 0 Å². The third kappa shape index (κ3) is 4.33. The van der Waals surface area contributed by atoms with E-state index < -0.39 is 0 Å². The van der Waals surface area contributed by atoms with Gasteiger partial charge in [0.2, 0.25) is 5.91 Å². The number of rotatable bonds is 4. The van der Waals surface area contributed by atoms with E-state index in [1.807, 2.05) is 31.2 Å². The summed E-state index contributed by atoms with van der Waals surface area (Å²) in [4.78, 5) is 12.1. The van der Waals surface area contributed by atoms with Crippen molar-refractivity contribution >= 4 is 28.5 Å². The number of halogens is 1. The molecule has 0 spiro atoms. The van der Waals surface area contributed by atoms with E-state index in [0.29, 0.717) is 17.3 Å². The topological polar surface area (TPSA) is 53.8 Å². The molecule has 2 aromatic rings. The number of carbonyl (C=O) groups is 1. The Labute approximate surface area is 150 Å². The molecular weight excluding hydrogens is 337 g/mol. The first-order chi connectivity index (χ1) is 12.0. The molecule has 128 valence electrons. The highest BCUT2D eigenvalue weighted by atomic mass is 32.2. The Balaban J connectivity index is 1.69. The Morgan fingerprint density at radius 1 is 1.20 bits per heavy atom. The van der Waals surface area contributed by atoms with Crippen molar-refractivity contribution in [3.05, 3.63) is 71.0 Å². The molecule has 1 atom stereocenters. The van der Waals surface area contributed by atoms with Crippen molar-refractivity contribution in [1.82, 2.24) is 5.32 Å². The fourth-order valence-corrected chi connectivity index (χ4v) is 3.44. The van der Waals surface area contributed by atoms with E-state index in [4.69, 9.17) is 0 Å². The molecule has 1 aliphatic rings. The minimum Gasteiger partial charge on any atom is -0.303 e. The smallest absolute Gasteiger partial charge is 0.239 e. The van der Waals surface area contributed by atoms with Crippen LogP contribution in [0.3, 0.4) is 0 Å². The maximum atomic E-state index is 13.0. The van der Waals surface area contributed by atoms with Crippen LogP contribution in [0.1, 0.15) is 23.6 Å². The van der Waals surface area contributed by atoms with Crippen LogP contribution in [0.25, 0.3) is 0 Å². The molecule has 1 unspecified atom stereocenters. The summed E-state index contributed by atoms with van der Waals surface area (Å²) in [6, 6.07) is 14.1. The number of aryl methyl sites for hydroxylation is 1. The first-order valence-electron chi connectivity index (χ1n) is 7.93. The Hall–Kier alpha value is -2.47. The Morgan fingerprint density at radius 2 is 1.92 bits per heavy atom. The molecule has 1 amide bonds. The van der Waals surface area contributed by atoms with Crippen LogP contribution in [0.2, 0.25) is 0 Å². The van der Waals surface area contributed by atoms with Crippen LogP contribution >= 0.6 is 11.8 Å². The zero-order chi connectivity index (χ0) is 17.8. The normalized spacial score (nSPS) is 19.3. The van der Waals surface area contributed by atoms with Gasteiger partial charge in [0.05, 0.1) is 11.0 Å². The first kappa shape index (κ1) is 17.4. The van der Waals surface area contributed by atoms with Gasteiger partial charge in [0, 0.05) is 0 Å². The maximum absolute atomic E-state index is 13.0. The van der Waals surface area contributed by atoms with Crippen LogP contribution in [-0.2, 0) is 11.2 Å². The third-order valence-corrected chi connectivity index (χ3v) is 5.07. The summed E-state index contributed by atoms with van der Waals surface area (Å²) in [7, 11) is 0. The van der Waals surface area contributed by atoms with Crippen molar-refractivity contribution in [2.24, 2.45) is 10.2 Å². The van der Waals surface area contributed by atoms with Crippen molar-refractivity contribution in [3.63, 3.8) is 0 Å². The van der Waals surface area contributed by atoms with Gasteiger partial charge >= 0.3 is 0 Å². The van der Waals surface area contributed by atoms with Crippen molar-refractivity contribution in [3.8, 4) is 0 Å². The number of amides is 1. The van der Waals surface area contributed by atoms with Gasteiger partial charge < -0.3 is 5.32 Å². The van der Waals surface area contributed by atoms with E-state index in [1.165, 1.54) is 29.5 Å². The van der Waals surface area contributed by atoms with Crippen molar-refractivity contribution in [1.29, 1.82) is 0 Å². The average Bonchev–Trinajstić information content (AvgIpc) is 2.95. The molecule has 3 rings (SSSR count). The van der Waals surface area contributed by atoms with E-state index in [2.05, 4.69) is 15.5 Å². The second-order valence-corrected chi connectivity index (χ2v) is 7.02. The van der Waals surface area contributed by atoms with Gasteiger partial charge in [-0.25, -0.2) is 4.39 Å². The molecule has 0 aliphatic carbocycles. The lowest BCUT2D eigenvalue weighted by atomic mass is 10.0. The second kappa shape index (κ2) is 7.61. The predicted octanol–water partition coefficient (Wildman–Crippen LogP) is 3.69. The zero-order valence-electron chi connectivity index (χ0n) is 14.0. The summed E-state index contributed by atoms with van der Waals surface area (Å²) < 4.78 is 13.0. The fraction of sp³-hybridized carbons (Fsp3) is 0.211. The molecular formula is C19H18FN3OS. The second-order valence-electron chi connectivity index (χ2n) is 5.82. The number of nitrogens with zero attached hydrogens (tertiary/aromatic N) is 2. The Kier molecular flexibility index (Phi) is 5.28. The summed E-state index contributed by atoms with van der Waals surface area (Å²) in [5.41, 5.74) is 3.77. The monoisotopic (exact) mass is 355 g/mol. The fourth-order valence-electron chi connectivity index (χ4n) is 2.49. The summed E-state index contributed by atoms with van der Waals surface area (Å²) in [5, 5.41) is 11.3. The molecule has 0 radical (unpaired) electrons. The number of amidine groups is 1. The molecule has 1 fully saturated rings. The van der Waals surface area contributed by atoms with Crippen molar-refractivity contribution < 1.29 is 9.18 Å². The number of carbonyl (C=O) groups excluding carboxylic acids is 1. The van der Waals surface area contributed by atoms with Crippen LogP contribution in [-0.4, -0.2) is 22.0 Å². The molecule has 2 aromatic carbocycles. The van der Waals surface area contributed by atoms with Gasteiger partial charge in [0.1, 0.15) is 5.82 Å². The molecule has 0 saturated carbocycles. The first-order valence-corrected chi connectivity index (χ1v) is 8.81. The molecule has 6 heteroatoms. The predicted molar refractivity (Wildman–Crippen MR) is 100 cm³/mol. The van der Waals surface area contributed by atoms with E-state index in [1.54, 1.807) is 19.1 Å². The average molecular weight is 355 g/mol. The van der Waals surface area contributed by atoms with E-state index in [0.717, 1.165) is 11.1 Å². The summed E-state index contributed by atoms with van der Waals surface area (Å²) >= 11 is 1.38. The van der Waals surface area contributed by atoms with Crippen LogP contribution < -0.4 is 5.32 Å². The summed E-state index contributed by atoms with van der Waals surface area (Å²) in [6.45, 7) is 3.84. The minimum absolute atomic E-state index is 0.0540. The highest BCUT2D eigenvalue weighted by Crippen LogP contribution is 2.24. The minimum atomic E-state index is -0.291. The number of thioether (sulfide) groups is 1. The number of hydrogen-bond donors (Lipinski definition) is 1. The van der Waals surface area contributed by atoms with Crippen LogP contribution in [0.15, 0.2) is 58.7 Å². The summed E-state index contributed by atoms with van der Waals surface area (Å²) in [5.74, 6) is -0.345. The SMILES string of the molecule is CC(=NN=C1NC(=O)C(Cc2ccccc2C)S1)c1ccc(F)cc1. The molecule has 1 aliphatic heterocycles. The van der Waals surface area contributed by atoms with Crippen LogP contribution in [0, 0.1) is 12.7 Å². The highest BCUT2D eigenvalue weighted by Gasteiger charge is 2.30. The lowest BCUT2D eigenvalue weighted by molar-refractivity contribution is -0.118. The quantitative estimate of drug-likeness (QED) is 0.672. The van der Waals surface area contributed by atoms with Crippen LogP contribution in [0.5, 0.6) is 0 Å². The van der Waals surface area contributed by atoms with Gasteiger partial charge in [0.25, 0.3) is 0 Å². The van der Waals surface area contributed by atoms with Gasteiger partial charge in [-0.2, -0.15) is 5.10 Å². The number of nitrogens with one attached hydrogen (secondary N) is 1. The molecule has 0 aromatic heterocycles. The maximum Gasteiger partial charge on any atom is 0.239 e. The van der Waals surface area contributed by atoms with Crippen LogP contribution in [0.4, 0.5) is 4.39 Å². The molecule has 1 heterocycles. The molecule has 1 N–H and O–H groups in total. The summed E-state index contributed by atoms with van der Waals surface area (Å²) in [6.07, 6.45) is 0.656. The Bertz CT molecular complexity index is 846. The van der Waals surface area contributed by atoms with Crippen molar-refractivity contribution in [2.75, 3.05) is 0 Å². The lowest BCUT2D eigenvalue weighted by Gasteiger charge is -2.07. The van der Waals surface area contributed by atoms with E-state index in [-0.39, 0.29) is 17.0 Å². The standard InChI is InChI=1S/C19H18FN3OS/c1-12-5-3-4-6-15(12)11-17-18(24)21-19(25-17)23-22-13(2)14-7-9-16(20)10-8-14/h3-10,17H,11H2,1-2H3,(H,21,23,24). The Morgan fingerprint density at radius 3 is 2.64 bits per heavy atom. The van der Waals surface area contributed by atoms with Gasteiger partial charge in [-0.3, -0.25) is 4.79 Å². The van der Waals surface area contributed by atoms with Gasteiger partial charge in [-0.05, 0) is 49.1 Å². The lowest BCUT2D eigenvalue weighted by Crippen LogP contribution is -2.26. The largest absolute Gasteiger partial charge is 0.303 e. The van der Waals surface area contributed by atoms with Gasteiger partial charge in [-0.15, -0.1) is 5.10 Å². The highest BCUT2D eigenvalue weighted by molar-refractivity contribution is 8.15. The van der Waals surface area contributed by atoms with Crippen molar-refractivity contribution in [2.45, 2.75) is 25.5 Å². The molecule has 1 saturated heterocycles. The molecule has 25 heavy (non-hydrogen) atoms. The zero-order valence-corrected chi connectivity index (χ0v) is 14.8. The number of hydrogen-bond acceptors (Lipinski definition) is 4. The molecule has 0 bridgehead atoms. The number of benzene rings is 2. The molecule has 4 nitrogen and oxygen atoms in total. The third-order valence-electron chi connectivity index (χ3n) is 4.00. The van der Waals surface area contributed by atoms with Gasteiger partial charge in [-0.1, -0.05) is 48.2 Å². The van der Waals surface area contributed by atoms with E-state index in [9.17, 15) is 9.18 Å².